The Labute approximate surface area is 191 Å². The molecule has 1 saturated heterocycles. The van der Waals surface area contributed by atoms with E-state index >= 15 is 0 Å². The van der Waals surface area contributed by atoms with Crippen LogP contribution in [-0.4, -0.2) is 36.9 Å². The Kier molecular flexibility index (Phi) is 7.94. The smallest absolute Gasteiger partial charge is 0.344 e. The van der Waals surface area contributed by atoms with Gasteiger partial charge in [-0.15, -0.1) is 0 Å². The summed E-state index contributed by atoms with van der Waals surface area (Å²) >= 11 is 1.28. The van der Waals surface area contributed by atoms with Gasteiger partial charge >= 0.3 is 5.97 Å². The van der Waals surface area contributed by atoms with Crippen molar-refractivity contribution in [2.75, 3.05) is 19.8 Å². The summed E-state index contributed by atoms with van der Waals surface area (Å²) in [6, 6.07) is 11.2. The number of carbonyl (C=O) groups excluding carboxylic acids is 2. The minimum atomic E-state index is -0.448. The average Bonchev–Trinajstić information content (AvgIpc) is 3.10. The van der Waals surface area contributed by atoms with Crippen molar-refractivity contribution >= 4 is 40.6 Å². The second-order valence-electron chi connectivity index (χ2n) is 6.93. The molecule has 1 aliphatic heterocycles. The van der Waals surface area contributed by atoms with Crippen molar-refractivity contribution in [2.45, 2.75) is 27.7 Å². The Morgan fingerprint density at radius 3 is 2.66 bits per heavy atom. The Hall–Kier alpha value is -3.26. The van der Waals surface area contributed by atoms with Gasteiger partial charge in [0, 0.05) is 0 Å². The summed E-state index contributed by atoms with van der Waals surface area (Å²) in [7, 11) is 0. The first-order valence-corrected chi connectivity index (χ1v) is 11.1. The molecule has 0 bridgehead atoms. The van der Waals surface area contributed by atoms with E-state index in [1.54, 1.807) is 31.2 Å². The number of benzene rings is 2. The van der Waals surface area contributed by atoms with Crippen LogP contribution < -0.4 is 14.8 Å². The summed E-state index contributed by atoms with van der Waals surface area (Å²) in [5, 5.41) is 3.35. The Bertz CT molecular complexity index is 1080. The van der Waals surface area contributed by atoms with Gasteiger partial charge in [0.25, 0.3) is 5.91 Å². The van der Waals surface area contributed by atoms with E-state index in [1.807, 2.05) is 39.0 Å². The van der Waals surface area contributed by atoms with Crippen molar-refractivity contribution in [1.29, 1.82) is 0 Å². The maximum atomic E-state index is 12.5. The van der Waals surface area contributed by atoms with E-state index in [1.165, 1.54) is 11.8 Å². The van der Waals surface area contributed by atoms with Gasteiger partial charge in [0.05, 0.1) is 23.8 Å². The van der Waals surface area contributed by atoms with Crippen LogP contribution in [0.3, 0.4) is 0 Å². The molecular weight excluding hydrogens is 428 g/mol. The summed E-state index contributed by atoms with van der Waals surface area (Å²) in [6.07, 6.45) is 1.77. The highest BCUT2D eigenvalue weighted by Crippen LogP contribution is 2.33. The number of amides is 1. The van der Waals surface area contributed by atoms with E-state index < -0.39 is 5.97 Å². The Balaban J connectivity index is 1.79. The molecule has 0 atom stereocenters. The molecule has 1 N–H and O–H groups in total. The molecule has 0 aliphatic carbocycles. The number of esters is 1. The molecule has 0 unspecified atom stereocenters. The number of nitrogens with one attached hydrogen (secondary N) is 1. The van der Waals surface area contributed by atoms with Crippen LogP contribution in [0.2, 0.25) is 0 Å². The van der Waals surface area contributed by atoms with Gasteiger partial charge in [0.2, 0.25) is 0 Å². The lowest BCUT2D eigenvalue weighted by atomic mass is 10.1. The molecule has 0 saturated carbocycles. The Morgan fingerprint density at radius 1 is 1.09 bits per heavy atom. The number of aliphatic imine (C=N–C) groups is 1. The molecule has 1 fully saturated rings. The van der Waals surface area contributed by atoms with E-state index in [2.05, 4.69) is 10.3 Å². The molecule has 0 radical (unpaired) electrons. The molecule has 1 heterocycles. The van der Waals surface area contributed by atoms with Crippen molar-refractivity contribution in [2.24, 2.45) is 4.99 Å². The normalized spacial score (nSPS) is 15.7. The maximum Gasteiger partial charge on any atom is 0.344 e. The maximum absolute atomic E-state index is 12.5. The topological polar surface area (TPSA) is 86.2 Å². The fraction of sp³-hybridized carbons (Fsp3) is 0.292. The van der Waals surface area contributed by atoms with E-state index in [9.17, 15) is 9.59 Å². The zero-order valence-corrected chi connectivity index (χ0v) is 19.4. The number of amidine groups is 1. The molecule has 0 spiro atoms. The summed E-state index contributed by atoms with van der Waals surface area (Å²) in [4.78, 5) is 29.1. The number of aryl methyl sites for hydroxylation is 1. The first-order chi connectivity index (χ1) is 15.4. The lowest BCUT2D eigenvalue weighted by molar-refractivity contribution is -0.145. The second-order valence-corrected chi connectivity index (χ2v) is 7.96. The van der Waals surface area contributed by atoms with Crippen molar-refractivity contribution in [3.63, 3.8) is 0 Å². The van der Waals surface area contributed by atoms with E-state index in [0.29, 0.717) is 34.8 Å². The predicted octanol–water partition coefficient (Wildman–Crippen LogP) is 4.54. The lowest BCUT2D eigenvalue weighted by Crippen LogP contribution is -2.19. The van der Waals surface area contributed by atoms with Crippen LogP contribution in [0.25, 0.3) is 6.08 Å². The molecule has 2 aromatic carbocycles. The number of nitrogens with zero attached hydrogens (tertiary/aromatic N) is 1. The Morgan fingerprint density at radius 2 is 1.91 bits per heavy atom. The minimum Gasteiger partial charge on any atom is -0.490 e. The van der Waals surface area contributed by atoms with Gasteiger partial charge in [0.1, 0.15) is 0 Å². The number of ether oxygens (including phenoxy) is 3. The van der Waals surface area contributed by atoms with E-state index in [0.717, 1.165) is 22.4 Å². The quantitative estimate of drug-likeness (QED) is 0.466. The molecule has 2 aromatic rings. The van der Waals surface area contributed by atoms with Gasteiger partial charge in [-0.05, 0) is 80.4 Å². The molecule has 3 rings (SSSR count). The fourth-order valence-electron chi connectivity index (χ4n) is 2.94. The number of thioether (sulfide) groups is 1. The van der Waals surface area contributed by atoms with Crippen LogP contribution in [0.5, 0.6) is 11.5 Å². The third kappa shape index (κ3) is 5.91. The zero-order chi connectivity index (χ0) is 23.1. The standard InChI is InChI=1S/C24H26N2O5S/c1-5-29-20-12-17(10-11-19(20)31-14-22(27)30-6-2)13-21-23(28)26-24(32-21)25-18-9-7-8-15(3)16(18)4/h7-13H,5-6,14H2,1-4H3,(H,25,26,28)/b21-13-. The summed E-state index contributed by atoms with van der Waals surface area (Å²) < 4.78 is 16.1. The third-order valence-electron chi connectivity index (χ3n) is 4.67. The molecule has 0 aromatic heterocycles. The third-order valence-corrected chi connectivity index (χ3v) is 5.57. The van der Waals surface area contributed by atoms with Crippen LogP contribution in [0.15, 0.2) is 46.3 Å². The molecule has 168 valence electrons. The van der Waals surface area contributed by atoms with Gasteiger partial charge in [-0.25, -0.2) is 9.79 Å². The number of carbonyl (C=O) groups is 2. The number of hydrogen-bond donors (Lipinski definition) is 1. The SMILES string of the molecule is CCOC(=O)COc1ccc(/C=C2\SC(=Nc3cccc(C)c3C)NC2=O)cc1OCC. The molecule has 7 nitrogen and oxygen atoms in total. The lowest BCUT2D eigenvalue weighted by Gasteiger charge is -2.12. The van der Waals surface area contributed by atoms with Gasteiger partial charge < -0.3 is 19.5 Å². The van der Waals surface area contributed by atoms with E-state index in [4.69, 9.17) is 14.2 Å². The second kappa shape index (κ2) is 10.9. The van der Waals surface area contributed by atoms with Crippen LogP contribution >= 0.6 is 11.8 Å². The van der Waals surface area contributed by atoms with Crippen molar-refractivity contribution in [3.8, 4) is 11.5 Å². The van der Waals surface area contributed by atoms with Crippen molar-refractivity contribution in [1.82, 2.24) is 5.32 Å². The van der Waals surface area contributed by atoms with E-state index in [-0.39, 0.29) is 12.5 Å². The van der Waals surface area contributed by atoms with Crippen LogP contribution in [-0.2, 0) is 14.3 Å². The molecule has 1 aliphatic rings. The predicted molar refractivity (Wildman–Crippen MR) is 126 cm³/mol. The summed E-state index contributed by atoms with van der Waals surface area (Å²) in [6.45, 7) is 8.15. The van der Waals surface area contributed by atoms with Gasteiger partial charge in [0.15, 0.2) is 23.3 Å². The van der Waals surface area contributed by atoms with Gasteiger partial charge in [-0.3, -0.25) is 4.79 Å². The molecule has 32 heavy (non-hydrogen) atoms. The largest absolute Gasteiger partial charge is 0.490 e. The van der Waals surface area contributed by atoms with Crippen molar-refractivity contribution in [3.05, 3.63) is 58.0 Å². The van der Waals surface area contributed by atoms with Crippen LogP contribution in [0, 0.1) is 13.8 Å². The first kappa shape index (κ1) is 23.4. The highest BCUT2D eigenvalue weighted by Gasteiger charge is 2.24. The highest BCUT2D eigenvalue weighted by atomic mass is 32.2. The number of rotatable bonds is 8. The molecule has 8 heteroatoms. The fourth-order valence-corrected chi connectivity index (χ4v) is 3.77. The molecule has 1 amide bonds. The summed E-state index contributed by atoms with van der Waals surface area (Å²) in [5.74, 6) is 0.261. The zero-order valence-electron chi connectivity index (χ0n) is 18.6. The van der Waals surface area contributed by atoms with Gasteiger partial charge in [-0.1, -0.05) is 18.2 Å². The van der Waals surface area contributed by atoms with Crippen LogP contribution in [0.4, 0.5) is 5.69 Å². The van der Waals surface area contributed by atoms with Crippen molar-refractivity contribution < 1.29 is 23.8 Å². The van der Waals surface area contributed by atoms with Crippen LogP contribution in [0.1, 0.15) is 30.5 Å². The first-order valence-electron chi connectivity index (χ1n) is 10.3. The monoisotopic (exact) mass is 454 g/mol. The summed E-state index contributed by atoms with van der Waals surface area (Å²) in [5.41, 5.74) is 3.82. The average molecular weight is 455 g/mol. The van der Waals surface area contributed by atoms with Gasteiger partial charge in [-0.2, -0.15) is 0 Å². The number of hydrogen-bond acceptors (Lipinski definition) is 7. The molecular formula is C24H26N2O5S. The highest BCUT2D eigenvalue weighted by molar-refractivity contribution is 8.18. The minimum absolute atomic E-state index is 0.204.